The Labute approximate surface area is 196 Å². The molecule has 2 aromatic rings. The molecule has 2 aromatic carbocycles. The zero-order valence-electron chi connectivity index (χ0n) is 17.9. The Morgan fingerprint density at radius 2 is 1.79 bits per heavy atom. The number of rotatable bonds is 6. The van der Waals surface area contributed by atoms with Crippen molar-refractivity contribution in [2.24, 2.45) is 0 Å². The van der Waals surface area contributed by atoms with Gasteiger partial charge in [0.25, 0.3) is 0 Å². The van der Waals surface area contributed by atoms with E-state index in [1.165, 1.54) is 16.7 Å². The van der Waals surface area contributed by atoms with Crippen LogP contribution in [0.5, 0.6) is 0 Å². The third-order valence-electron chi connectivity index (χ3n) is 5.95. The standard InChI is InChI=1S/C25H24N2O5S/c1-2-7-21(23(28)27-12-13-33-15-22(27)24(29)30)26-25(31)32-14-20-18-10-5-3-8-16(18)17-9-4-6-11-19(17)20/h1,3-6,8-11,20-22H,7,12-15H2,(H,26,31)(H,29,30). The molecule has 0 saturated carbocycles. The molecule has 170 valence electrons. The Hall–Kier alpha value is -3.44. The summed E-state index contributed by atoms with van der Waals surface area (Å²) in [5.74, 6) is 1.63. The van der Waals surface area contributed by atoms with Crippen molar-refractivity contribution in [3.05, 3.63) is 59.7 Å². The van der Waals surface area contributed by atoms with Crippen molar-refractivity contribution in [2.45, 2.75) is 24.4 Å². The number of hydrogen-bond donors (Lipinski definition) is 2. The number of alkyl carbamates (subject to hydrolysis) is 1. The molecule has 8 heteroatoms. The van der Waals surface area contributed by atoms with Crippen LogP contribution in [0.1, 0.15) is 23.5 Å². The zero-order chi connectivity index (χ0) is 23.4. The largest absolute Gasteiger partial charge is 0.480 e. The van der Waals surface area contributed by atoms with E-state index < -0.39 is 30.1 Å². The second-order valence-corrected chi connectivity index (χ2v) is 9.04. The van der Waals surface area contributed by atoms with Crippen LogP contribution < -0.4 is 5.32 Å². The zero-order valence-corrected chi connectivity index (χ0v) is 18.7. The number of carboxylic acid groups (broad SMARTS) is 1. The Balaban J connectivity index is 1.43. The summed E-state index contributed by atoms with van der Waals surface area (Å²) in [6, 6.07) is 14.0. The number of nitrogens with one attached hydrogen (secondary N) is 1. The van der Waals surface area contributed by atoms with E-state index in [0.29, 0.717) is 11.5 Å². The smallest absolute Gasteiger partial charge is 0.407 e. The lowest BCUT2D eigenvalue weighted by Crippen LogP contribution is -2.56. The Kier molecular flexibility index (Phi) is 6.90. The van der Waals surface area contributed by atoms with Crippen molar-refractivity contribution in [2.75, 3.05) is 24.7 Å². The molecule has 1 aliphatic heterocycles. The molecule has 2 atom stereocenters. The van der Waals surface area contributed by atoms with Crippen LogP contribution in [0.3, 0.4) is 0 Å². The van der Waals surface area contributed by atoms with Gasteiger partial charge in [0.2, 0.25) is 5.91 Å². The average molecular weight is 465 g/mol. The highest BCUT2D eigenvalue weighted by Crippen LogP contribution is 2.44. The summed E-state index contributed by atoms with van der Waals surface area (Å²) < 4.78 is 5.52. The summed E-state index contributed by atoms with van der Waals surface area (Å²) in [4.78, 5) is 38.5. The SMILES string of the molecule is C#CCC(NC(=O)OCC1c2ccccc2-c2ccccc21)C(=O)N1CCSCC1C(=O)O. The topological polar surface area (TPSA) is 95.9 Å². The van der Waals surface area contributed by atoms with Crippen LogP contribution in [0.25, 0.3) is 11.1 Å². The Bertz CT molecular complexity index is 1070. The van der Waals surface area contributed by atoms with E-state index in [1.807, 2.05) is 48.5 Å². The van der Waals surface area contributed by atoms with Crippen LogP contribution in [0, 0.1) is 12.3 Å². The second kappa shape index (κ2) is 10.0. The molecular formula is C25H24N2O5S. The first-order chi connectivity index (χ1) is 16.0. The lowest BCUT2D eigenvalue weighted by Gasteiger charge is -2.34. The first-order valence-corrected chi connectivity index (χ1v) is 11.8. The molecule has 1 saturated heterocycles. The number of carboxylic acids is 1. The highest BCUT2D eigenvalue weighted by Gasteiger charge is 2.36. The number of terminal acetylenes is 1. The van der Waals surface area contributed by atoms with Gasteiger partial charge in [-0.2, -0.15) is 11.8 Å². The van der Waals surface area contributed by atoms with Gasteiger partial charge in [0.15, 0.2) is 0 Å². The molecule has 2 amide bonds. The lowest BCUT2D eigenvalue weighted by molar-refractivity contribution is -0.150. The molecule has 7 nitrogen and oxygen atoms in total. The van der Waals surface area contributed by atoms with Gasteiger partial charge in [-0.05, 0) is 22.3 Å². The minimum absolute atomic E-state index is 0.0565. The normalized spacial score (nSPS) is 17.9. The summed E-state index contributed by atoms with van der Waals surface area (Å²) in [6.45, 7) is 0.392. The second-order valence-electron chi connectivity index (χ2n) is 7.89. The predicted molar refractivity (Wildman–Crippen MR) is 126 cm³/mol. The third kappa shape index (κ3) is 4.69. The highest BCUT2D eigenvalue weighted by atomic mass is 32.2. The fourth-order valence-corrected chi connectivity index (χ4v) is 5.41. The van der Waals surface area contributed by atoms with E-state index in [2.05, 4.69) is 11.2 Å². The van der Waals surface area contributed by atoms with E-state index in [-0.39, 0.29) is 25.5 Å². The minimum atomic E-state index is -1.07. The van der Waals surface area contributed by atoms with E-state index in [9.17, 15) is 19.5 Å². The van der Waals surface area contributed by atoms with Gasteiger partial charge in [0, 0.05) is 30.4 Å². The molecule has 1 heterocycles. The number of fused-ring (bicyclic) bond motifs is 3. The van der Waals surface area contributed by atoms with Crippen molar-refractivity contribution in [3.63, 3.8) is 0 Å². The number of nitrogens with zero attached hydrogens (tertiary/aromatic N) is 1. The van der Waals surface area contributed by atoms with Gasteiger partial charge in [0.05, 0.1) is 0 Å². The molecule has 0 bridgehead atoms. The van der Waals surface area contributed by atoms with Crippen LogP contribution in [0.2, 0.25) is 0 Å². The van der Waals surface area contributed by atoms with Gasteiger partial charge in [-0.1, -0.05) is 48.5 Å². The number of ether oxygens (including phenoxy) is 1. The first kappa shape index (κ1) is 22.7. The maximum atomic E-state index is 13.0. The van der Waals surface area contributed by atoms with Gasteiger partial charge >= 0.3 is 12.1 Å². The van der Waals surface area contributed by atoms with Gasteiger partial charge in [-0.25, -0.2) is 9.59 Å². The van der Waals surface area contributed by atoms with Crippen LogP contribution in [0.15, 0.2) is 48.5 Å². The van der Waals surface area contributed by atoms with Crippen molar-refractivity contribution in [1.29, 1.82) is 0 Å². The van der Waals surface area contributed by atoms with Gasteiger partial charge in [-0.15, -0.1) is 12.3 Å². The predicted octanol–water partition coefficient (Wildman–Crippen LogP) is 2.95. The number of benzene rings is 2. The van der Waals surface area contributed by atoms with Crippen LogP contribution in [0.4, 0.5) is 4.79 Å². The van der Waals surface area contributed by atoms with Gasteiger partial charge in [0.1, 0.15) is 18.7 Å². The summed E-state index contributed by atoms with van der Waals surface area (Å²) in [7, 11) is 0. The fraction of sp³-hybridized carbons (Fsp3) is 0.320. The number of amides is 2. The van der Waals surface area contributed by atoms with Crippen LogP contribution >= 0.6 is 11.8 Å². The van der Waals surface area contributed by atoms with Crippen LogP contribution in [-0.2, 0) is 14.3 Å². The first-order valence-electron chi connectivity index (χ1n) is 10.7. The lowest BCUT2D eigenvalue weighted by atomic mass is 9.98. The van der Waals surface area contributed by atoms with Crippen molar-refractivity contribution >= 4 is 29.7 Å². The maximum absolute atomic E-state index is 13.0. The van der Waals surface area contributed by atoms with Gasteiger partial charge in [-0.3, -0.25) is 4.79 Å². The van der Waals surface area contributed by atoms with E-state index >= 15 is 0 Å². The molecule has 2 aliphatic rings. The van der Waals surface area contributed by atoms with E-state index in [4.69, 9.17) is 11.2 Å². The average Bonchev–Trinajstić information content (AvgIpc) is 3.15. The summed E-state index contributed by atoms with van der Waals surface area (Å²) >= 11 is 1.48. The number of carbonyl (C=O) groups excluding carboxylic acids is 2. The molecular weight excluding hydrogens is 440 g/mol. The monoisotopic (exact) mass is 464 g/mol. The molecule has 4 rings (SSSR count). The number of aliphatic carboxylic acids is 1. The third-order valence-corrected chi connectivity index (χ3v) is 6.98. The summed E-state index contributed by atoms with van der Waals surface area (Å²) in [5, 5.41) is 12.0. The molecule has 0 spiro atoms. The van der Waals surface area contributed by atoms with Crippen molar-refractivity contribution in [3.8, 4) is 23.5 Å². The molecule has 0 radical (unpaired) electrons. The number of thioether (sulfide) groups is 1. The number of hydrogen-bond acceptors (Lipinski definition) is 5. The summed E-state index contributed by atoms with van der Waals surface area (Å²) in [6.07, 6.45) is 4.60. The molecule has 33 heavy (non-hydrogen) atoms. The minimum Gasteiger partial charge on any atom is -0.480 e. The Morgan fingerprint density at radius 1 is 1.15 bits per heavy atom. The molecule has 1 aliphatic carbocycles. The van der Waals surface area contributed by atoms with Crippen LogP contribution in [-0.4, -0.2) is 64.7 Å². The summed E-state index contributed by atoms with van der Waals surface area (Å²) in [5.41, 5.74) is 4.39. The fourth-order valence-electron chi connectivity index (χ4n) is 4.37. The number of carbonyl (C=O) groups is 3. The van der Waals surface area contributed by atoms with E-state index in [1.54, 1.807) is 0 Å². The molecule has 2 N–H and O–H groups in total. The van der Waals surface area contributed by atoms with E-state index in [0.717, 1.165) is 22.3 Å². The Morgan fingerprint density at radius 3 is 2.39 bits per heavy atom. The quantitative estimate of drug-likeness (QED) is 0.639. The highest BCUT2D eigenvalue weighted by molar-refractivity contribution is 7.99. The molecule has 2 unspecified atom stereocenters. The maximum Gasteiger partial charge on any atom is 0.407 e. The molecule has 0 aromatic heterocycles. The van der Waals surface area contributed by atoms with Crippen molar-refractivity contribution in [1.82, 2.24) is 10.2 Å². The molecule has 1 fully saturated rings. The van der Waals surface area contributed by atoms with Gasteiger partial charge < -0.3 is 20.1 Å². The van der Waals surface area contributed by atoms with Crippen molar-refractivity contribution < 1.29 is 24.2 Å².